The molecule has 1 amide bonds. The summed E-state index contributed by atoms with van der Waals surface area (Å²) in [6, 6.07) is 6.01. The topological polar surface area (TPSA) is 50.4 Å². The van der Waals surface area contributed by atoms with E-state index in [1.165, 1.54) is 0 Å². The quantitative estimate of drug-likeness (QED) is 0.888. The average Bonchev–Trinajstić information content (AvgIpc) is 2.42. The van der Waals surface area contributed by atoms with Gasteiger partial charge in [0.25, 0.3) is 5.91 Å². The second-order valence-corrected chi connectivity index (χ2v) is 6.11. The zero-order chi connectivity index (χ0) is 14.9. The zero-order valence-corrected chi connectivity index (χ0v) is 12.9. The van der Waals surface area contributed by atoms with Crippen molar-refractivity contribution in [1.29, 1.82) is 0 Å². The molecule has 2 rings (SSSR count). The third-order valence-electron chi connectivity index (χ3n) is 4.46. The van der Waals surface area contributed by atoms with Crippen molar-refractivity contribution in [2.75, 3.05) is 19.5 Å². The summed E-state index contributed by atoms with van der Waals surface area (Å²) in [6.07, 6.45) is 1.09. The van der Waals surface area contributed by atoms with E-state index in [0.717, 1.165) is 17.7 Å². The number of carbonyl (C=O) groups is 1. The first-order valence-electron chi connectivity index (χ1n) is 7.02. The fourth-order valence-corrected chi connectivity index (χ4v) is 2.83. The molecule has 1 aromatic carbocycles. The average molecular weight is 276 g/mol. The van der Waals surface area contributed by atoms with Crippen molar-refractivity contribution >= 4 is 11.6 Å². The van der Waals surface area contributed by atoms with E-state index in [1.807, 2.05) is 32.2 Å². The van der Waals surface area contributed by atoms with E-state index in [4.69, 9.17) is 4.74 Å². The fraction of sp³-hybridized carbons (Fsp3) is 0.562. The van der Waals surface area contributed by atoms with E-state index in [9.17, 15) is 4.79 Å². The molecule has 0 bridgehead atoms. The van der Waals surface area contributed by atoms with Gasteiger partial charge in [0.05, 0.1) is 11.7 Å². The number of aryl methyl sites for hydroxylation is 1. The maximum absolute atomic E-state index is 12.5. The number of anilines is 1. The van der Waals surface area contributed by atoms with Crippen LogP contribution in [0, 0.1) is 12.3 Å². The van der Waals surface area contributed by atoms with Crippen molar-refractivity contribution in [3.63, 3.8) is 0 Å². The van der Waals surface area contributed by atoms with E-state index >= 15 is 0 Å². The molecule has 1 saturated carbocycles. The lowest BCUT2D eigenvalue weighted by atomic mass is 9.64. The standard InChI is InChI=1S/C16H24N2O2/c1-10-6-7-12(17-4)11(8-10)15(19)18-13-9-14(20-5)16(13,2)3/h6-8,13-14,17H,9H2,1-5H3,(H,18,19). The Kier molecular flexibility index (Phi) is 4.04. The second kappa shape index (κ2) is 5.44. The molecule has 0 aromatic heterocycles. The molecule has 1 aromatic rings. The molecule has 0 radical (unpaired) electrons. The Bertz CT molecular complexity index is 511. The van der Waals surface area contributed by atoms with Gasteiger partial charge in [-0.25, -0.2) is 0 Å². The number of carbonyl (C=O) groups excluding carboxylic acids is 1. The van der Waals surface area contributed by atoms with Gasteiger partial charge in [-0.1, -0.05) is 25.5 Å². The van der Waals surface area contributed by atoms with Crippen molar-refractivity contribution in [3.8, 4) is 0 Å². The van der Waals surface area contributed by atoms with E-state index in [-0.39, 0.29) is 23.5 Å². The predicted octanol–water partition coefficient (Wildman–Crippen LogP) is 2.58. The highest BCUT2D eigenvalue weighted by Gasteiger charge is 2.49. The molecule has 1 aliphatic carbocycles. The van der Waals surface area contributed by atoms with Gasteiger partial charge in [0.2, 0.25) is 0 Å². The Labute approximate surface area is 120 Å². The van der Waals surface area contributed by atoms with Gasteiger partial charge in [0.15, 0.2) is 0 Å². The predicted molar refractivity (Wildman–Crippen MR) is 81.2 cm³/mol. The van der Waals surface area contributed by atoms with Crippen LogP contribution < -0.4 is 10.6 Å². The molecule has 2 N–H and O–H groups in total. The molecule has 4 nitrogen and oxygen atoms in total. The summed E-state index contributed by atoms with van der Waals surface area (Å²) in [7, 11) is 3.56. The van der Waals surface area contributed by atoms with Gasteiger partial charge < -0.3 is 15.4 Å². The zero-order valence-electron chi connectivity index (χ0n) is 12.9. The maximum atomic E-state index is 12.5. The lowest BCUT2D eigenvalue weighted by Gasteiger charge is -2.51. The third kappa shape index (κ3) is 2.52. The summed E-state index contributed by atoms with van der Waals surface area (Å²) in [6.45, 7) is 6.25. The van der Waals surface area contributed by atoms with Crippen LogP contribution in [0.15, 0.2) is 18.2 Å². The third-order valence-corrected chi connectivity index (χ3v) is 4.46. The molecule has 1 aliphatic rings. The van der Waals surface area contributed by atoms with E-state index in [1.54, 1.807) is 7.11 Å². The van der Waals surface area contributed by atoms with Crippen LogP contribution in [0.4, 0.5) is 5.69 Å². The largest absolute Gasteiger partial charge is 0.387 e. The lowest BCUT2D eigenvalue weighted by molar-refractivity contribution is -0.0942. The highest BCUT2D eigenvalue weighted by Crippen LogP contribution is 2.42. The minimum Gasteiger partial charge on any atom is -0.387 e. The smallest absolute Gasteiger partial charge is 0.253 e. The van der Waals surface area contributed by atoms with Crippen LogP contribution >= 0.6 is 0 Å². The number of ether oxygens (including phenoxy) is 1. The second-order valence-electron chi connectivity index (χ2n) is 6.11. The summed E-state index contributed by atoms with van der Waals surface area (Å²) in [5, 5.41) is 6.20. The van der Waals surface area contributed by atoms with Crippen molar-refractivity contribution in [2.24, 2.45) is 5.41 Å². The van der Waals surface area contributed by atoms with Crippen molar-refractivity contribution < 1.29 is 9.53 Å². The molecular formula is C16H24N2O2. The minimum absolute atomic E-state index is 0.0198. The van der Waals surface area contributed by atoms with Gasteiger partial charge in [0, 0.05) is 31.3 Å². The minimum atomic E-state index is -0.0225. The number of rotatable bonds is 4. The Balaban J connectivity index is 2.12. The molecule has 0 spiro atoms. The van der Waals surface area contributed by atoms with Crippen LogP contribution in [0.25, 0.3) is 0 Å². The van der Waals surface area contributed by atoms with Crippen LogP contribution in [0.2, 0.25) is 0 Å². The van der Waals surface area contributed by atoms with Crippen molar-refractivity contribution in [2.45, 2.75) is 39.3 Å². The normalized spacial score (nSPS) is 23.9. The summed E-state index contributed by atoms with van der Waals surface area (Å²) in [4.78, 5) is 12.5. The number of methoxy groups -OCH3 is 1. The molecule has 0 heterocycles. The van der Waals surface area contributed by atoms with Gasteiger partial charge in [-0.15, -0.1) is 0 Å². The lowest BCUT2D eigenvalue weighted by Crippen LogP contribution is -2.61. The molecule has 110 valence electrons. The molecular weight excluding hydrogens is 252 g/mol. The molecule has 2 atom stereocenters. The highest BCUT2D eigenvalue weighted by atomic mass is 16.5. The number of benzene rings is 1. The number of amides is 1. The molecule has 1 fully saturated rings. The first kappa shape index (κ1) is 14.9. The SMILES string of the molecule is CNc1ccc(C)cc1C(=O)NC1CC(OC)C1(C)C. The molecule has 2 unspecified atom stereocenters. The van der Waals surface area contributed by atoms with Crippen LogP contribution in [0.5, 0.6) is 0 Å². The van der Waals surface area contributed by atoms with Crippen LogP contribution in [0.1, 0.15) is 36.2 Å². The van der Waals surface area contributed by atoms with Crippen molar-refractivity contribution in [1.82, 2.24) is 5.32 Å². The number of nitrogens with one attached hydrogen (secondary N) is 2. The van der Waals surface area contributed by atoms with Gasteiger partial charge >= 0.3 is 0 Å². The van der Waals surface area contributed by atoms with Gasteiger partial charge in [-0.2, -0.15) is 0 Å². The first-order valence-corrected chi connectivity index (χ1v) is 7.02. The van der Waals surface area contributed by atoms with Crippen LogP contribution in [-0.2, 0) is 4.74 Å². The van der Waals surface area contributed by atoms with E-state index in [0.29, 0.717) is 5.56 Å². The van der Waals surface area contributed by atoms with Gasteiger partial charge in [-0.3, -0.25) is 4.79 Å². The molecule has 0 saturated heterocycles. The Morgan fingerprint density at radius 2 is 2.10 bits per heavy atom. The number of hydrogen-bond donors (Lipinski definition) is 2. The Hall–Kier alpha value is -1.55. The van der Waals surface area contributed by atoms with E-state index < -0.39 is 0 Å². The fourth-order valence-electron chi connectivity index (χ4n) is 2.83. The molecule has 4 heteroatoms. The van der Waals surface area contributed by atoms with Gasteiger partial charge in [0.1, 0.15) is 0 Å². The Morgan fingerprint density at radius 3 is 2.65 bits per heavy atom. The van der Waals surface area contributed by atoms with Crippen LogP contribution in [-0.4, -0.2) is 32.2 Å². The monoisotopic (exact) mass is 276 g/mol. The Morgan fingerprint density at radius 1 is 1.40 bits per heavy atom. The van der Waals surface area contributed by atoms with E-state index in [2.05, 4.69) is 24.5 Å². The number of hydrogen-bond acceptors (Lipinski definition) is 3. The van der Waals surface area contributed by atoms with Crippen LogP contribution in [0.3, 0.4) is 0 Å². The summed E-state index contributed by atoms with van der Waals surface area (Å²) >= 11 is 0. The van der Waals surface area contributed by atoms with Gasteiger partial charge in [-0.05, 0) is 25.5 Å². The summed E-state index contributed by atoms with van der Waals surface area (Å²) in [5.74, 6) is -0.0225. The summed E-state index contributed by atoms with van der Waals surface area (Å²) < 4.78 is 5.42. The first-order chi connectivity index (χ1) is 9.40. The summed E-state index contributed by atoms with van der Waals surface area (Å²) in [5.41, 5.74) is 2.61. The maximum Gasteiger partial charge on any atom is 0.253 e. The van der Waals surface area contributed by atoms with Crippen molar-refractivity contribution in [3.05, 3.63) is 29.3 Å². The molecule has 20 heavy (non-hydrogen) atoms. The highest BCUT2D eigenvalue weighted by molar-refractivity contribution is 6.00. The molecule has 0 aliphatic heterocycles.